The number of aromatic nitrogens is 1. The lowest BCUT2D eigenvalue weighted by Gasteiger charge is -2.06. The number of hydrogen-bond acceptors (Lipinski definition) is 4. The van der Waals surface area contributed by atoms with Crippen molar-refractivity contribution in [2.24, 2.45) is 0 Å². The molecule has 0 saturated heterocycles. The minimum atomic E-state index is 0.115. The molecule has 0 atom stereocenters. The van der Waals surface area contributed by atoms with Gasteiger partial charge < -0.3 is 4.74 Å². The predicted octanol–water partition coefficient (Wildman–Crippen LogP) is 3.75. The molecule has 2 aromatic rings. The fraction of sp³-hybridized carbons (Fsp3) is 0.333. The summed E-state index contributed by atoms with van der Waals surface area (Å²) in [4.78, 5) is 17.0. The van der Waals surface area contributed by atoms with Gasteiger partial charge in [-0.2, -0.15) is 0 Å². The van der Waals surface area contributed by atoms with Crippen molar-refractivity contribution in [2.75, 3.05) is 6.61 Å². The van der Waals surface area contributed by atoms with Gasteiger partial charge in [0.1, 0.15) is 5.75 Å². The van der Waals surface area contributed by atoms with Gasteiger partial charge in [-0.1, -0.05) is 13.3 Å². The van der Waals surface area contributed by atoms with Crippen LogP contribution < -0.4 is 4.74 Å². The first kappa shape index (κ1) is 13.7. The third-order valence-corrected chi connectivity index (χ3v) is 3.54. The van der Waals surface area contributed by atoms with Crippen LogP contribution in [0, 0.1) is 0 Å². The Morgan fingerprint density at radius 3 is 2.74 bits per heavy atom. The molecule has 0 radical (unpaired) electrons. The molecule has 19 heavy (non-hydrogen) atoms. The van der Waals surface area contributed by atoms with Crippen LogP contribution in [0.4, 0.5) is 0 Å². The van der Waals surface area contributed by atoms with E-state index < -0.39 is 0 Å². The molecule has 0 aliphatic carbocycles. The SMILES string of the molecule is CCCCOc1ccc(C(=O)Cc2cncs2)cc1. The lowest BCUT2D eigenvalue weighted by molar-refractivity contribution is 0.0993. The molecule has 100 valence electrons. The predicted molar refractivity (Wildman–Crippen MR) is 77.0 cm³/mol. The first-order chi connectivity index (χ1) is 9.29. The van der Waals surface area contributed by atoms with Gasteiger partial charge in [-0.15, -0.1) is 11.3 Å². The van der Waals surface area contributed by atoms with E-state index in [9.17, 15) is 4.79 Å². The Morgan fingerprint density at radius 2 is 2.11 bits per heavy atom. The highest BCUT2D eigenvalue weighted by molar-refractivity contribution is 7.09. The maximum Gasteiger partial charge on any atom is 0.168 e. The molecule has 2 rings (SSSR count). The van der Waals surface area contributed by atoms with Gasteiger partial charge >= 0.3 is 0 Å². The highest BCUT2D eigenvalue weighted by atomic mass is 32.1. The van der Waals surface area contributed by atoms with Crippen LogP contribution >= 0.6 is 11.3 Å². The van der Waals surface area contributed by atoms with Gasteiger partial charge in [0.25, 0.3) is 0 Å². The summed E-state index contributed by atoms with van der Waals surface area (Å²) < 4.78 is 5.57. The lowest BCUT2D eigenvalue weighted by Crippen LogP contribution is -2.02. The van der Waals surface area contributed by atoms with Crippen LogP contribution in [0.5, 0.6) is 5.75 Å². The quantitative estimate of drug-likeness (QED) is 0.570. The van der Waals surface area contributed by atoms with Crippen molar-refractivity contribution < 1.29 is 9.53 Å². The smallest absolute Gasteiger partial charge is 0.168 e. The summed E-state index contributed by atoms with van der Waals surface area (Å²) in [6.45, 7) is 2.86. The minimum absolute atomic E-state index is 0.115. The number of carbonyl (C=O) groups is 1. The normalized spacial score (nSPS) is 10.4. The van der Waals surface area contributed by atoms with E-state index in [1.807, 2.05) is 24.3 Å². The molecule has 0 saturated carbocycles. The first-order valence-electron chi connectivity index (χ1n) is 6.43. The van der Waals surface area contributed by atoms with Crippen molar-refractivity contribution in [3.05, 3.63) is 46.4 Å². The van der Waals surface area contributed by atoms with Gasteiger partial charge in [-0.3, -0.25) is 9.78 Å². The summed E-state index contributed by atoms with van der Waals surface area (Å²) in [7, 11) is 0. The fourth-order valence-electron chi connectivity index (χ4n) is 1.66. The zero-order valence-electron chi connectivity index (χ0n) is 11.0. The van der Waals surface area contributed by atoms with Gasteiger partial charge in [0.15, 0.2) is 5.78 Å². The maximum atomic E-state index is 12.0. The molecule has 0 aliphatic heterocycles. The summed E-state index contributed by atoms with van der Waals surface area (Å²) in [5, 5.41) is 0. The van der Waals surface area contributed by atoms with E-state index in [2.05, 4.69) is 11.9 Å². The first-order valence-corrected chi connectivity index (χ1v) is 7.31. The monoisotopic (exact) mass is 275 g/mol. The van der Waals surface area contributed by atoms with E-state index in [1.54, 1.807) is 11.7 Å². The standard InChI is InChI=1S/C15H17NO2S/c1-2-3-8-18-13-6-4-12(5-7-13)15(17)9-14-10-16-11-19-14/h4-7,10-11H,2-3,8-9H2,1H3. The number of Topliss-reactive ketones (excluding diaryl/α,β-unsaturated/α-hetero) is 1. The number of unbranched alkanes of at least 4 members (excludes halogenated alkanes) is 1. The van der Waals surface area contributed by atoms with Crippen LogP contribution in [0.3, 0.4) is 0 Å². The van der Waals surface area contributed by atoms with E-state index in [0.29, 0.717) is 6.42 Å². The average Bonchev–Trinajstić information content (AvgIpc) is 2.93. The minimum Gasteiger partial charge on any atom is -0.494 e. The van der Waals surface area contributed by atoms with Crippen molar-refractivity contribution in [3.63, 3.8) is 0 Å². The molecule has 0 amide bonds. The van der Waals surface area contributed by atoms with Crippen LogP contribution in [-0.2, 0) is 6.42 Å². The van der Waals surface area contributed by atoms with Crippen molar-refractivity contribution in [1.29, 1.82) is 0 Å². The molecule has 0 spiro atoms. The number of hydrogen-bond donors (Lipinski definition) is 0. The van der Waals surface area contributed by atoms with Crippen LogP contribution in [0.15, 0.2) is 36.0 Å². The highest BCUT2D eigenvalue weighted by Gasteiger charge is 2.08. The lowest BCUT2D eigenvalue weighted by atomic mass is 10.1. The third kappa shape index (κ3) is 4.17. The molecular formula is C15H17NO2S. The summed E-state index contributed by atoms with van der Waals surface area (Å²) >= 11 is 1.51. The highest BCUT2D eigenvalue weighted by Crippen LogP contribution is 2.15. The van der Waals surface area contributed by atoms with Crippen molar-refractivity contribution in [2.45, 2.75) is 26.2 Å². The van der Waals surface area contributed by atoms with Gasteiger partial charge in [0.05, 0.1) is 12.1 Å². The molecule has 1 aromatic carbocycles. The molecule has 0 aliphatic rings. The molecule has 1 aromatic heterocycles. The van der Waals surface area contributed by atoms with E-state index in [0.717, 1.165) is 35.6 Å². The van der Waals surface area contributed by atoms with Crippen LogP contribution in [0.2, 0.25) is 0 Å². The number of rotatable bonds is 7. The molecule has 0 bridgehead atoms. The summed E-state index contributed by atoms with van der Waals surface area (Å²) in [6.07, 6.45) is 4.32. The molecule has 0 unspecified atom stereocenters. The Morgan fingerprint density at radius 1 is 1.32 bits per heavy atom. The number of thiazole rings is 1. The van der Waals surface area contributed by atoms with Gasteiger partial charge in [0.2, 0.25) is 0 Å². The van der Waals surface area contributed by atoms with E-state index in [-0.39, 0.29) is 5.78 Å². The summed E-state index contributed by atoms with van der Waals surface area (Å²) in [6, 6.07) is 7.36. The number of ketones is 1. The van der Waals surface area contributed by atoms with Crippen molar-refractivity contribution >= 4 is 17.1 Å². The van der Waals surface area contributed by atoms with Gasteiger partial charge in [0, 0.05) is 23.1 Å². The van der Waals surface area contributed by atoms with Crippen molar-refractivity contribution in [1.82, 2.24) is 4.98 Å². The van der Waals surface area contributed by atoms with E-state index >= 15 is 0 Å². The topological polar surface area (TPSA) is 39.2 Å². The zero-order chi connectivity index (χ0) is 13.5. The molecule has 0 N–H and O–H groups in total. The Balaban J connectivity index is 1.92. The Hall–Kier alpha value is -1.68. The van der Waals surface area contributed by atoms with Crippen LogP contribution in [0.1, 0.15) is 35.0 Å². The molecule has 0 fully saturated rings. The molecular weight excluding hydrogens is 258 g/mol. The number of carbonyl (C=O) groups excluding carboxylic acids is 1. The zero-order valence-corrected chi connectivity index (χ0v) is 11.8. The Kier molecular flexibility index (Phi) is 5.10. The van der Waals surface area contributed by atoms with E-state index in [1.165, 1.54) is 11.3 Å². The largest absolute Gasteiger partial charge is 0.494 e. The Labute approximate surface area is 117 Å². The molecule has 1 heterocycles. The summed E-state index contributed by atoms with van der Waals surface area (Å²) in [5.74, 6) is 0.937. The second-order valence-electron chi connectivity index (χ2n) is 4.29. The second-order valence-corrected chi connectivity index (χ2v) is 5.26. The third-order valence-electron chi connectivity index (χ3n) is 2.76. The van der Waals surface area contributed by atoms with E-state index in [4.69, 9.17) is 4.74 Å². The van der Waals surface area contributed by atoms with Crippen LogP contribution in [0.25, 0.3) is 0 Å². The Bertz CT molecular complexity index is 505. The van der Waals surface area contributed by atoms with Gasteiger partial charge in [-0.25, -0.2) is 0 Å². The second kappa shape index (κ2) is 7.04. The van der Waals surface area contributed by atoms with Crippen LogP contribution in [-0.4, -0.2) is 17.4 Å². The fourth-order valence-corrected chi connectivity index (χ4v) is 2.25. The van der Waals surface area contributed by atoms with Gasteiger partial charge in [-0.05, 0) is 30.7 Å². The number of benzene rings is 1. The number of ether oxygens (including phenoxy) is 1. The maximum absolute atomic E-state index is 12.0. The van der Waals surface area contributed by atoms with Crippen molar-refractivity contribution in [3.8, 4) is 5.75 Å². The molecule has 4 heteroatoms. The summed E-state index contributed by atoms with van der Waals surface area (Å²) in [5.41, 5.74) is 2.46. The number of nitrogens with zero attached hydrogens (tertiary/aromatic N) is 1. The molecule has 3 nitrogen and oxygen atoms in total. The average molecular weight is 275 g/mol.